The molecule has 17 heavy (non-hydrogen) atoms. The molecule has 1 atom stereocenters. The first-order valence-corrected chi connectivity index (χ1v) is 6.16. The van der Waals surface area contributed by atoms with E-state index >= 15 is 0 Å². The summed E-state index contributed by atoms with van der Waals surface area (Å²) in [4.78, 5) is 1.46. The molecule has 6 heteroatoms. The van der Waals surface area contributed by atoms with Crippen molar-refractivity contribution in [2.24, 2.45) is 7.05 Å². The van der Waals surface area contributed by atoms with Crippen LogP contribution < -0.4 is 5.32 Å². The van der Waals surface area contributed by atoms with E-state index in [9.17, 15) is 0 Å². The minimum absolute atomic E-state index is 0.256. The minimum Gasteiger partial charge on any atom is -0.303 e. The molecule has 0 radical (unpaired) electrons. The van der Waals surface area contributed by atoms with Crippen LogP contribution in [0.15, 0.2) is 28.7 Å². The highest BCUT2D eigenvalue weighted by atomic mass is 79.9. The Hall–Kier alpha value is -1.27. The van der Waals surface area contributed by atoms with Gasteiger partial charge in [0.1, 0.15) is 0 Å². The van der Waals surface area contributed by atoms with Gasteiger partial charge in [-0.15, -0.1) is 10.2 Å². The van der Waals surface area contributed by atoms with E-state index in [4.69, 9.17) is 0 Å². The summed E-state index contributed by atoms with van der Waals surface area (Å²) in [5.41, 5.74) is 1.23. The van der Waals surface area contributed by atoms with E-state index in [1.165, 1.54) is 10.4 Å². The molecule has 2 aromatic rings. The Kier molecular flexibility index (Phi) is 3.86. The molecule has 0 bridgehead atoms. The van der Waals surface area contributed by atoms with Crippen molar-refractivity contribution in [3.8, 4) is 0 Å². The fraction of sp³-hybridized carbons (Fsp3) is 0.364. The SMILES string of the molecule is CC(NCc1nnn(C)n1)c1ccc(Br)cc1. The van der Waals surface area contributed by atoms with Gasteiger partial charge in [0.2, 0.25) is 0 Å². The highest BCUT2D eigenvalue weighted by molar-refractivity contribution is 9.10. The predicted molar refractivity (Wildman–Crippen MR) is 68.2 cm³/mol. The zero-order valence-corrected chi connectivity index (χ0v) is 11.3. The number of aryl methyl sites for hydroxylation is 1. The van der Waals surface area contributed by atoms with Crippen molar-refractivity contribution >= 4 is 15.9 Å². The Labute approximate surface area is 108 Å². The van der Waals surface area contributed by atoms with Crippen LogP contribution in [0, 0.1) is 0 Å². The Morgan fingerprint density at radius 2 is 2.06 bits per heavy atom. The first-order chi connectivity index (χ1) is 8.15. The zero-order valence-electron chi connectivity index (χ0n) is 9.76. The maximum atomic E-state index is 4.11. The van der Waals surface area contributed by atoms with Gasteiger partial charge in [0.25, 0.3) is 0 Å². The molecule has 1 heterocycles. The van der Waals surface area contributed by atoms with Gasteiger partial charge in [-0.05, 0) is 29.8 Å². The summed E-state index contributed by atoms with van der Waals surface area (Å²) in [6, 6.07) is 8.51. The Balaban J connectivity index is 1.93. The number of nitrogens with one attached hydrogen (secondary N) is 1. The number of nitrogens with zero attached hydrogens (tertiary/aromatic N) is 4. The van der Waals surface area contributed by atoms with Crippen LogP contribution in [0.5, 0.6) is 0 Å². The highest BCUT2D eigenvalue weighted by Gasteiger charge is 2.06. The second kappa shape index (κ2) is 5.37. The van der Waals surface area contributed by atoms with Crippen molar-refractivity contribution in [1.82, 2.24) is 25.5 Å². The third-order valence-electron chi connectivity index (χ3n) is 2.49. The molecule has 0 saturated heterocycles. The summed E-state index contributed by atoms with van der Waals surface area (Å²) in [6.45, 7) is 2.73. The number of tetrazole rings is 1. The minimum atomic E-state index is 0.256. The van der Waals surface area contributed by atoms with Crippen LogP contribution >= 0.6 is 15.9 Å². The highest BCUT2D eigenvalue weighted by Crippen LogP contribution is 2.16. The number of hydrogen-bond donors (Lipinski definition) is 1. The Bertz CT molecular complexity index is 479. The molecule has 90 valence electrons. The van der Waals surface area contributed by atoms with Crippen molar-refractivity contribution in [1.29, 1.82) is 0 Å². The summed E-state index contributed by atoms with van der Waals surface area (Å²) in [5, 5.41) is 15.2. The van der Waals surface area contributed by atoms with Gasteiger partial charge in [0, 0.05) is 10.5 Å². The van der Waals surface area contributed by atoms with Crippen molar-refractivity contribution < 1.29 is 0 Å². The van der Waals surface area contributed by atoms with Crippen LogP contribution in [0.1, 0.15) is 24.4 Å². The first-order valence-electron chi connectivity index (χ1n) is 5.37. The average molecular weight is 296 g/mol. The standard InChI is InChI=1S/C11H14BrN5/c1-8(9-3-5-10(12)6-4-9)13-7-11-14-16-17(2)15-11/h3-6,8,13H,7H2,1-2H3. The lowest BCUT2D eigenvalue weighted by Crippen LogP contribution is -2.19. The van der Waals surface area contributed by atoms with Crippen molar-refractivity contribution in [2.45, 2.75) is 19.5 Å². The summed E-state index contributed by atoms with van der Waals surface area (Å²) < 4.78 is 1.09. The first kappa shape index (κ1) is 12.2. The van der Waals surface area contributed by atoms with Crippen LogP contribution in [0.2, 0.25) is 0 Å². The van der Waals surface area contributed by atoms with Crippen LogP contribution in [-0.2, 0) is 13.6 Å². The largest absolute Gasteiger partial charge is 0.303 e. The summed E-state index contributed by atoms with van der Waals surface area (Å²) in [5.74, 6) is 0.705. The molecule has 5 nitrogen and oxygen atoms in total. The van der Waals surface area contributed by atoms with Gasteiger partial charge in [-0.25, -0.2) is 0 Å². The van der Waals surface area contributed by atoms with Crippen molar-refractivity contribution in [3.05, 3.63) is 40.1 Å². The van der Waals surface area contributed by atoms with Gasteiger partial charge in [-0.1, -0.05) is 28.1 Å². The molecule has 0 amide bonds. The van der Waals surface area contributed by atoms with E-state index in [1.807, 2.05) is 12.1 Å². The number of rotatable bonds is 4. The lowest BCUT2D eigenvalue weighted by molar-refractivity contribution is 0.555. The van der Waals surface area contributed by atoms with E-state index in [1.54, 1.807) is 7.05 Å². The van der Waals surface area contributed by atoms with Crippen LogP contribution in [0.3, 0.4) is 0 Å². The fourth-order valence-corrected chi connectivity index (χ4v) is 1.77. The maximum absolute atomic E-state index is 4.11. The van der Waals surface area contributed by atoms with E-state index in [0.717, 1.165) is 4.47 Å². The molecular formula is C11H14BrN5. The second-order valence-electron chi connectivity index (χ2n) is 3.85. The van der Waals surface area contributed by atoms with Crippen LogP contribution in [0.4, 0.5) is 0 Å². The average Bonchev–Trinajstić information content (AvgIpc) is 2.73. The zero-order chi connectivity index (χ0) is 12.3. The quantitative estimate of drug-likeness (QED) is 0.935. The van der Waals surface area contributed by atoms with Crippen molar-refractivity contribution in [2.75, 3.05) is 0 Å². The van der Waals surface area contributed by atoms with Gasteiger partial charge < -0.3 is 5.32 Å². The summed E-state index contributed by atoms with van der Waals surface area (Å²) in [6.07, 6.45) is 0. The predicted octanol–water partition coefficient (Wildman–Crippen LogP) is 1.82. The number of benzene rings is 1. The lowest BCUT2D eigenvalue weighted by Gasteiger charge is -2.12. The fourth-order valence-electron chi connectivity index (χ4n) is 1.51. The smallest absolute Gasteiger partial charge is 0.188 e. The molecule has 0 aliphatic rings. The second-order valence-corrected chi connectivity index (χ2v) is 4.76. The molecular weight excluding hydrogens is 282 g/mol. The lowest BCUT2D eigenvalue weighted by atomic mass is 10.1. The molecule has 0 fully saturated rings. The van der Waals surface area contributed by atoms with E-state index in [0.29, 0.717) is 12.4 Å². The Morgan fingerprint density at radius 3 is 2.65 bits per heavy atom. The molecule has 1 aromatic carbocycles. The van der Waals surface area contributed by atoms with E-state index in [2.05, 4.69) is 55.7 Å². The van der Waals surface area contributed by atoms with E-state index < -0.39 is 0 Å². The Morgan fingerprint density at radius 1 is 1.35 bits per heavy atom. The summed E-state index contributed by atoms with van der Waals surface area (Å²) in [7, 11) is 1.76. The normalized spacial score (nSPS) is 12.6. The van der Waals surface area contributed by atoms with Crippen molar-refractivity contribution in [3.63, 3.8) is 0 Å². The molecule has 0 aliphatic carbocycles. The van der Waals surface area contributed by atoms with Gasteiger partial charge in [-0.3, -0.25) is 0 Å². The van der Waals surface area contributed by atoms with Crippen LogP contribution in [0.25, 0.3) is 0 Å². The maximum Gasteiger partial charge on any atom is 0.188 e. The van der Waals surface area contributed by atoms with Gasteiger partial charge in [0.05, 0.1) is 13.6 Å². The molecule has 1 unspecified atom stereocenters. The molecule has 1 aromatic heterocycles. The van der Waals surface area contributed by atoms with Crippen LogP contribution in [-0.4, -0.2) is 20.2 Å². The van der Waals surface area contributed by atoms with E-state index in [-0.39, 0.29) is 6.04 Å². The molecule has 0 aliphatic heterocycles. The number of aromatic nitrogens is 4. The molecule has 0 saturated carbocycles. The monoisotopic (exact) mass is 295 g/mol. The molecule has 2 rings (SSSR count). The third kappa shape index (κ3) is 3.34. The van der Waals surface area contributed by atoms with Gasteiger partial charge in [0.15, 0.2) is 5.82 Å². The van der Waals surface area contributed by atoms with Gasteiger partial charge in [-0.2, -0.15) is 4.80 Å². The third-order valence-corrected chi connectivity index (χ3v) is 3.01. The number of hydrogen-bond acceptors (Lipinski definition) is 4. The molecule has 1 N–H and O–H groups in total. The molecule has 0 spiro atoms. The number of halogens is 1. The topological polar surface area (TPSA) is 55.6 Å². The summed E-state index contributed by atoms with van der Waals surface area (Å²) >= 11 is 3.42. The van der Waals surface area contributed by atoms with Gasteiger partial charge >= 0.3 is 0 Å².